The second-order valence-electron chi connectivity index (χ2n) is 6.23. The maximum Gasteiger partial charge on any atom is 0.162 e. The van der Waals surface area contributed by atoms with Gasteiger partial charge < -0.3 is 10.1 Å². The van der Waals surface area contributed by atoms with E-state index in [0.29, 0.717) is 17.9 Å². The fourth-order valence-corrected chi connectivity index (χ4v) is 3.67. The molecule has 0 bridgehead atoms. The van der Waals surface area contributed by atoms with E-state index in [1.807, 2.05) is 7.05 Å². The average Bonchev–Trinajstić information content (AvgIpc) is 2.48. The summed E-state index contributed by atoms with van der Waals surface area (Å²) in [6.07, 6.45) is 4.65. The van der Waals surface area contributed by atoms with Crippen LogP contribution >= 0.6 is 0 Å². The molecule has 0 aromatic heterocycles. The van der Waals surface area contributed by atoms with Crippen LogP contribution in [-0.4, -0.2) is 25.8 Å². The zero-order valence-corrected chi connectivity index (χ0v) is 13.1. The van der Waals surface area contributed by atoms with Gasteiger partial charge in [-0.3, -0.25) is 0 Å². The SMILES string of the molecule is CNC(Cc1cccc(F)c1F)C1(OC)CCCC(C)C1. The third kappa shape index (κ3) is 3.43. The molecule has 0 heterocycles. The Morgan fingerprint density at radius 3 is 2.81 bits per heavy atom. The summed E-state index contributed by atoms with van der Waals surface area (Å²) >= 11 is 0. The number of methoxy groups -OCH3 is 1. The highest BCUT2D eigenvalue weighted by molar-refractivity contribution is 5.21. The smallest absolute Gasteiger partial charge is 0.162 e. The average molecular weight is 297 g/mol. The summed E-state index contributed by atoms with van der Waals surface area (Å²) in [6, 6.07) is 4.34. The van der Waals surface area contributed by atoms with Crippen LogP contribution in [0.5, 0.6) is 0 Å². The molecule has 1 saturated carbocycles. The Morgan fingerprint density at radius 1 is 1.43 bits per heavy atom. The highest BCUT2D eigenvalue weighted by atomic mass is 19.2. The first kappa shape index (κ1) is 16.4. The number of halogens is 2. The van der Waals surface area contributed by atoms with Crippen molar-refractivity contribution < 1.29 is 13.5 Å². The van der Waals surface area contributed by atoms with Gasteiger partial charge in [-0.15, -0.1) is 0 Å². The van der Waals surface area contributed by atoms with Crippen LogP contribution in [-0.2, 0) is 11.2 Å². The number of hydrogen-bond acceptors (Lipinski definition) is 2. The second kappa shape index (κ2) is 6.84. The fraction of sp³-hybridized carbons (Fsp3) is 0.647. The molecule has 1 fully saturated rings. The Morgan fingerprint density at radius 2 is 2.19 bits per heavy atom. The fourth-order valence-electron chi connectivity index (χ4n) is 3.67. The van der Waals surface area contributed by atoms with Gasteiger partial charge in [-0.05, 0) is 43.9 Å². The van der Waals surface area contributed by atoms with E-state index >= 15 is 0 Å². The van der Waals surface area contributed by atoms with E-state index in [2.05, 4.69) is 12.2 Å². The molecule has 4 heteroatoms. The van der Waals surface area contributed by atoms with Crippen molar-refractivity contribution in [1.82, 2.24) is 5.32 Å². The molecule has 3 atom stereocenters. The molecule has 0 spiro atoms. The Hall–Kier alpha value is -1.00. The van der Waals surface area contributed by atoms with Gasteiger partial charge in [-0.1, -0.05) is 31.9 Å². The van der Waals surface area contributed by atoms with Crippen LogP contribution < -0.4 is 5.32 Å². The number of rotatable bonds is 5. The largest absolute Gasteiger partial charge is 0.377 e. The number of likely N-dealkylation sites (N-methyl/N-ethyl adjacent to an activating group) is 1. The number of nitrogens with one attached hydrogen (secondary N) is 1. The minimum Gasteiger partial charge on any atom is -0.377 e. The van der Waals surface area contributed by atoms with Crippen molar-refractivity contribution in [2.45, 2.75) is 50.7 Å². The quantitative estimate of drug-likeness (QED) is 0.895. The van der Waals surface area contributed by atoms with E-state index in [9.17, 15) is 8.78 Å². The van der Waals surface area contributed by atoms with Crippen molar-refractivity contribution in [2.24, 2.45) is 5.92 Å². The summed E-state index contributed by atoms with van der Waals surface area (Å²) in [4.78, 5) is 0. The second-order valence-corrected chi connectivity index (χ2v) is 6.23. The molecule has 0 saturated heterocycles. The third-order valence-electron chi connectivity index (χ3n) is 4.84. The molecule has 0 amide bonds. The monoisotopic (exact) mass is 297 g/mol. The lowest BCUT2D eigenvalue weighted by atomic mass is 9.73. The van der Waals surface area contributed by atoms with Crippen LogP contribution in [0, 0.1) is 17.6 Å². The first-order valence-electron chi connectivity index (χ1n) is 7.67. The minimum absolute atomic E-state index is 0.0263. The van der Waals surface area contributed by atoms with Crippen molar-refractivity contribution in [1.29, 1.82) is 0 Å². The highest BCUT2D eigenvalue weighted by Crippen LogP contribution is 2.38. The molecule has 1 aliphatic rings. The van der Waals surface area contributed by atoms with Gasteiger partial charge in [0.1, 0.15) is 0 Å². The van der Waals surface area contributed by atoms with Crippen LogP contribution in [0.4, 0.5) is 8.78 Å². The molecule has 1 aromatic carbocycles. The summed E-state index contributed by atoms with van der Waals surface area (Å²) in [5.41, 5.74) is 0.106. The van der Waals surface area contributed by atoms with Crippen molar-refractivity contribution in [3.05, 3.63) is 35.4 Å². The van der Waals surface area contributed by atoms with Gasteiger partial charge in [0.15, 0.2) is 11.6 Å². The number of hydrogen-bond donors (Lipinski definition) is 1. The van der Waals surface area contributed by atoms with Gasteiger partial charge in [-0.2, -0.15) is 0 Å². The van der Waals surface area contributed by atoms with Crippen molar-refractivity contribution in [2.75, 3.05) is 14.2 Å². The molecule has 2 nitrogen and oxygen atoms in total. The molecule has 2 rings (SSSR count). The van der Waals surface area contributed by atoms with E-state index in [1.165, 1.54) is 6.42 Å². The van der Waals surface area contributed by atoms with Gasteiger partial charge in [-0.25, -0.2) is 8.78 Å². The highest BCUT2D eigenvalue weighted by Gasteiger charge is 2.41. The lowest BCUT2D eigenvalue weighted by Crippen LogP contribution is -2.54. The zero-order valence-electron chi connectivity index (χ0n) is 13.1. The molecule has 1 N–H and O–H groups in total. The molecule has 3 unspecified atom stereocenters. The maximum absolute atomic E-state index is 13.9. The molecular weight excluding hydrogens is 272 g/mol. The minimum atomic E-state index is -0.786. The predicted molar refractivity (Wildman–Crippen MR) is 80.3 cm³/mol. The van der Waals surface area contributed by atoms with Gasteiger partial charge in [0.05, 0.1) is 5.60 Å². The maximum atomic E-state index is 13.9. The first-order chi connectivity index (χ1) is 10.0. The van der Waals surface area contributed by atoms with Crippen molar-refractivity contribution in [3.63, 3.8) is 0 Å². The predicted octanol–water partition coefficient (Wildman–Crippen LogP) is 3.69. The number of benzene rings is 1. The lowest BCUT2D eigenvalue weighted by molar-refractivity contribution is -0.0776. The van der Waals surface area contributed by atoms with Gasteiger partial charge in [0.2, 0.25) is 0 Å². The van der Waals surface area contributed by atoms with Gasteiger partial charge >= 0.3 is 0 Å². The van der Waals surface area contributed by atoms with Crippen molar-refractivity contribution >= 4 is 0 Å². The summed E-state index contributed by atoms with van der Waals surface area (Å²) < 4.78 is 33.2. The standard InChI is InChI=1S/C17H25F2NO/c1-12-6-5-9-17(11-12,21-3)15(20-2)10-13-7-4-8-14(18)16(13)19/h4,7-8,12,15,20H,5-6,9-11H2,1-3H3. The Labute approximate surface area is 125 Å². The molecule has 0 aliphatic heterocycles. The van der Waals surface area contributed by atoms with E-state index in [-0.39, 0.29) is 11.6 Å². The molecule has 1 aromatic rings. The van der Waals surface area contributed by atoms with Crippen LogP contribution in [0.2, 0.25) is 0 Å². The van der Waals surface area contributed by atoms with E-state index in [1.54, 1.807) is 19.2 Å². The van der Waals surface area contributed by atoms with Crippen LogP contribution in [0.3, 0.4) is 0 Å². The molecule has 1 aliphatic carbocycles. The van der Waals surface area contributed by atoms with Crippen LogP contribution in [0.1, 0.15) is 38.2 Å². The Kier molecular flexibility index (Phi) is 5.33. The van der Waals surface area contributed by atoms with Gasteiger partial charge in [0.25, 0.3) is 0 Å². The Bertz CT molecular complexity index is 480. The third-order valence-corrected chi connectivity index (χ3v) is 4.84. The lowest BCUT2D eigenvalue weighted by Gasteiger charge is -2.44. The van der Waals surface area contributed by atoms with Gasteiger partial charge in [0, 0.05) is 13.2 Å². The zero-order chi connectivity index (χ0) is 15.5. The normalized spacial score (nSPS) is 27.6. The molecule has 118 valence electrons. The summed E-state index contributed by atoms with van der Waals surface area (Å²) in [6.45, 7) is 2.22. The molecule has 21 heavy (non-hydrogen) atoms. The summed E-state index contributed by atoms with van der Waals surface area (Å²) in [5.74, 6) is -0.939. The van der Waals surface area contributed by atoms with E-state index in [0.717, 1.165) is 25.3 Å². The van der Waals surface area contributed by atoms with E-state index in [4.69, 9.17) is 4.74 Å². The summed E-state index contributed by atoms with van der Waals surface area (Å²) in [5, 5.41) is 3.27. The molecule has 0 radical (unpaired) electrons. The summed E-state index contributed by atoms with van der Waals surface area (Å²) in [7, 11) is 3.59. The molecular formula is C17H25F2NO. The topological polar surface area (TPSA) is 21.3 Å². The van der Waals surface area contributed by atoms with Crippen LogP contribution in [0.25, 0.3) is 0 Å². The first-order valence-corrected chi connectivity index (χ1v) is 7.67. The van der Waals surface area contributed by atoms with E-state index < -0.39 is 11.6 Å². The van der Waals surface area contributed by atoms with Crippen LogP contribution in [0.15, 0.2) is 18.2 Å². The Balaban J connectivity index is 2.23. The number of ether oxygens (including phenoxy) is 1. The van der Waals surface area contributed by atoms with Crippen molar-refractivity contribution in [3.8, 4) is 0 Å².